The summed E-state index contributed by atoms with van der Waals surface area (Å²) < 4.78 is 144. The molecule has 0 aromatic heterocycles. The summed E-state index contributed by atoms with van der Waals surface area (Å²) in [5.41, 5.74) is 3.12. The SMILES string of the molecule is O=S(=O)([O-])c1cccc(N(Cc2ccccc2-c2ccccc2CN(c2cccc(S(=O)(=O)[O-])c2)c2cccc(S(=O)(=O)[O-])c2)c2cccc(S(=O)(=O)[O-])c2)c1. The molecule has 290 valence electrons. The van der Waals surface area contributed by atoms with Crippen molar-refractivity contribution in [2.45, 2.75) is 32.7 Å². The molecule has 14 nitrogen and oxygen atoms in total. The summed E-state index contributed by atoms with van der Waals surface area (Å²) in [4.78, 5) is 0.868. The van der Waals surface area contributed by atoms with Gasteiger partial charge in [-0.3, -0.25) is 0 Å². The van der Waals surface area contributed by atoms with Gasteiger partial charge in [-0.05, 0) is 95.1 Å². The number of benzene rings is 6. The molecule has 18 heteroatoms. The normalized spacial score (nSPS) is 12.3. The van der Waals surface area contributed by atoms with Crippen LogP contribution in [0.1, 0.15) is 11.1 Å². The van der Waals surface area contributed by atoms with E-state index in [1.807, 2.05) is 0 Å². The quantitative estimate of drug-likeness (QED) is 0.128. The summed E-state index contributed by atoms with van der Waals surface area (Å²) in [6.45, 7) is -0.127. The number of anilines is 4. The van der Waals surface area contributed by atoms with Gasteiger partial charge >= 0.3 is 0 Å². The maximum absolute atomic E-state index is 12.0. The molecule has 0 N–H and O–H groups in total. The Balaban J connectivity index is 1.50. The van der Waals surface area contributed by atoms with Crippen molar-refractivity contribution in [2.75, 3.05) is 9.80 Å². The highest BCUT2D eigenvalue weighted by molar-refractivity contribution is 7.86. The number of rotatable bonds is 13. The minimum Gasteiger partial charge on any atom is -0.744 e. The molecule has 6 aromatic rings. The third-order valence-corrected chi connectivity index (χ3v) is 12.0. The summed E-state index contributed by atoms with van der Waals surface area (Å²) in [5, 5.41) is 0. The average Bonchev–Trinajstić information content (AvgIpc) is 3.15. The second kappa shape index (κ2) is 15.6. The monoisotopic (exact) mass is 832 g/mol. The summed E-state index contributed by atoms with van der Waals surface area (Å²) in [5.74, 6) is 0. The van der Waals surface area contributed by atoms with E-state index in [1.54, 1.807) is 48.5 Å². The molecule has 0 aliphatic carbocycles. The fraction of sp³-hybridized carbons (Fsp3) is 0.0526. The molecule has 0 atom stereocenters. The zero-order valence-corrected chi connectivity index (χ0v) is 32.0. The third-order valence-electron chi connectivity index (χ3n) is 8.65. The van der Waals surface area contributed by atoms with Gasteiger partial charge in [0.15, 0.2) is 0 Å². The molecule has 56 heavy (non-hydrogen) atoms. The van der Waals surface area contributed by atoms with E-state index in [0.29, 0.717) is 22.3 Å². The predicted octanol–water partition coefficient (Wildman–Crippen LogP) is 5.65. The Kier molecular flexibility index (Phi) is 11.2. The number of hydrogen-bond donors (Lipinski definition) is 0. The average molecular weight is 833 g/mol. The van der Waals surface area contributed by atoms with Crippen molar-refractivity contribution < 1.29 is 51.9 Å². The van der Waals surface area contributed by atoms with Gasteiger partial charge < -0.3 is 28.0 Å². The van der Waals surface area contributed by atoms with Crippen molar-refractivity contribution in [3.8, 4) is 11.1 Å². The molecule has 6 aromatic carbocycles. The molecule has 6 rings (SSSR count). The lowest BCUT2D eigenvalue weighted by Crippen LogP contribution is -2.19. The van der Waals surface area contributed by atoms with Crippen LogP contribution >= 0.6 is 0 Å². The highest BCUT2D eigenvalue weighted by atomic mass is 32.2. The molecule has 0 spiro atoms. The number of hydrogen-bond acceptors (Lipinski definition) is 14. The van der Waals surface area contributed by atoms with Crippen LogP contribution in [-0.4, -0.2) is 51.9 Å². The highest BCUT2D eigenvalue weighted by Crippen LogP contribution is 2.37. The van der Waals surface area contributed by atoms with E-state index in [1.165, 1.54) is 58.3 Å². The first kappa shape index (κ1) is 40.2. The fourth-order valence-electron chi connectivity index (χ4n) is 6.07. The lowest BCUT2D eigenvalue weighted by atomic mass is 9.94. The Morgan fingerprint density at radius 3 is 0.839 bits per heavy atom. The second-order valence-electron chi connectivity index (χ2n) is 12.3. The Morgan fingerprint density at radius 2 is 0.589 bits per heavy atom. The fourth-order valence-corrected chi connectivity index (χ4v) is 8.11. The van der Waals surface area contributed by atoms with Crippen LogP contribution < -0.4 is 9.80 Å². The zero-order chi connectivity index (χ0) is 40.5. The van der Waals surface area contributed by atoms with E-state index >= 15 is 0 Å². The Morgan fingerprint density at radius 1 is 0.339 bits per heavy atom. The molecule has 0 aliphatic rings. The molecule has 0 radical (unpaired) electrons. The first-order chi connectivity index (χ1) is 26.3. The van der Waals surface area contributed by atoms with Gasteiger partial charge in [-0.25, -0.2) is 33.7 Å². The Bertz CT molecular complexity index is 2550. The van der Waals surface area contributed by atoms with Crippen molar-refractivity contribution in [3.05, 3.63) is 157 Å². The molecule has 0 fully saturated rings. The lowest BCUT2D eigenvalue weighted by Gasteiger charge is -2.29. The van der Waals surface area contributed by atoms with Gasteiger partial charge in [0.2, 0.25) is 0 Å². The minimum atomic E-state index is -4.91. The van der Waals surface area contributed by atoms with Crippen LogP contribution in [0.4, 0.5) is 22.7 Å². The Hall–Kier alpha value is -5.44. The summed E-state index contributed by atoms with van der Waals surface area (Å²) in [6.07, 6.45) is 0. The van der Waals surface area contributed by atoms with E-state index in [4.69, 9.17) is 0 Å². The second-order valence-corrected chi connectivity index (χ2v) is 17.8. The molecule has 0 bridgehead atoms. The first-order valence-corrected chi connectivity index (χ1v) is 21.9. The van der Waals surface area contributed by atoms with E-state index in [2.05, 4.69) is 0 Å². The van der Waals surface area contributed by atoms with Crippen LogP contribution in [0.15, 0.2) is 165 Å². The van der Waals surface area contributed by atoms with E-state index in [-0.39, 0.29) is 35.8 Å². The van der Waals surface area contributed by atoms with Crippen LogP contribution in [0, 0.1) is 0 Å². The van der Waals surface area contributed by atoms with Crippen LogP contribution in [-0.2, 0) is 53.6 Å². The molecule has 0 amide bonds. The van der Waals surface area contributed by atoms with Crippen LogP contribution in [0.5, 0.6) is 0 Å². The summed E-state index contributed by atoms with van der Waals surface area (Å²) in [6, 6.07) is 34.4. The minimum absolute atomic E-state index is 0.0637. The maximum Gasteiger partial charge on any atom is 0.124 e. The molecule has 0 saturated heterocycles. The molecular formula is C38H28N2O12S4-4. The summed E-state index contributed by atoms with van der Waals surface area (Å²) >= 11 is 0. The maximum atomic E-state index is 12.0. The standard InChI is InChI=1S/C38H32N2O12S4/c41-53(42,43)33-15-5-11-29(21-33)39(30-12-6-16-34(22-30)54(44,45)46)25-27-9-1-3-19-37(27)38-20-4-2-10-28(38)26-40(31-13-7-17-35(23-31)55(47,48)49)32-14-8-18-36(24-32)56(50,51)52/h1-24H,25-26H2,(H,41,42,43)(H,44,45,46)(H,47,48,49)(H,50,51,52)/p-4. The van der Waals surface area contributed by atoms with Crippen molar-refractivity contribution in [1.82, 2.24) is 0 Å². The van der Waals surface area contributed by atoms with E-state index in [0.717, 1.165) is 48.5 Å². The van der Waals surface area contributed by atoms with Gasteiger partial charge in [0.25, 0.3) is 0 Å². The molecule has 0 unspecified atom stereocenters. The van der Waals surface area contributed by atoms with Crippen LogP contribution in [0.3, 0.4) is 0 Å². The molecular weight excluding hydrogens is 805 g/mol. The van der Waals surface area contributed by atoms with Gasteiger partial charge in [0.05, 0.1) is 19.6 Å². The first-order valence-electron chi connectivity index (χ1n) is 16.2. The third kappa shape index (κ3) is 9.32. The highest BCUT2D eigenvalue weighted by Gasteiger charge is 2.20. The van der Waals surface area contributed by atoms with Gasteiger partial charge in [0, 0.05) is 35.8 Å². The summed E-state index contributed by atoms with van der Waals surface area (Å²) in [7, 11) is -19.6. The van der Waals surface area contributed by atoms with Crippen molar-refractivity contribution >= 4 is 63.2 Å². The smallest absolute Gasteiger partial charge is 0.124 e. The predicted molar refractivity (Wildman–Crippen MR) is 201 cm³/mol. The van der Waals surface area contributed by atoms with Crippen molar-refractivity contribution in [1.29, 1.82) is 0 Å². The number of nitrogens with zero attached hydrogens (tertiary/aromatic N) is 2. The topological polar surface area (TPSA) is 235 Å². The van der Waals surface area contributed by atoms with Crippen molar-refractivity contribution in [3.63, 3.8) is 0 Å². The molecule has 0 saturated carbocycles. The molecule has 0 aliphatic heterocycles. The van der Waals surface area contributed by atoms with E-state index < -0.39 is 60.1 Å². The lowest BCUT2D eigenvalue weighted by molar-refractivity contribution is 0.460. The van der Waals surface area contributed by atoms with E-state index in [9.17, 15) is 51.9 Å². The van der Waals surface area contributed by atoms with Gasteiger partial charge in [-0.15, -0.1) is 0 Å². The van der Waals surface area contributed by atoms with Crippen LogP contribution in [0.25, 0.3) is 11.1 Å². The largest absolute Gasteiger partial charge is 0.744 e. The van der Waals surface area contributed by atoms with Crippen LogP contribution in [0.2, 0.25) is 0 Å². The van der Waals surface area contributed by atoms with Gasteiger partial charge in [-0.2, -0.15) is 0 Å². The van der Waals surface area contributed by atoms with Crippen molar-refractivity contribution in [2.24, 2.45) is 0 Å². The molecule has 0 heterocycles. The zero-order valence-electron chi connectivity index (χ0n) is 28.7. The Labute approximate surface area is 323 Å². The van der Waals surface area contributed by atoms with Gasteiger partial charge in [0.1, 0.15) is 40.5 Å². The van der Waals surface area contributed by atoms with Gasteiger partial charge in [-0.1, -0.05) is 72.8 Å².